The van der Waals surface area contributed by atoms with Crippen molar-refractivity contribution in [3.8, 4) is 0 Å². The fourth-order valence-corrected chi connectivity index (χ4v) is 2.65. The molecule has 0 aromatic carbocycles. The highest BCUT2D eigenvalue weighted by Crippen LogP contribution is 2.11. The monoisotopic (exact) mass is 312 g/mol. The number of rotatable bonds is 14. The average Bonchev–Trinajstić information content (AvgIpc) is 2.47. The Morgan fingerprint density at radius 3 is 1.73 bits per heavy atom. The van der Waals surface area contributed by atoms with Crippen LogP contribution >= 0.6 is 0 Å². The van der Waals surface area contributed by atoms with Crippen molar-refractivity contribution in [2.75, 3.05) is 27.2 Å². The summed E-state index contributed by atoms with van der Waals surface area (Å²) >= 11 is 0. The Morgan fingerprint density at radius 2 is 1.32 bits per heavy atom. The van der Waals surface area contributed by atoms with Gasteiger partial charge in [-0.1, -0.05) is 64.7 Å². The smallest absolute Gasteiger partial charge is 0.219 e. The first-order valence-corrected chi connectivity index (χ1v) is 9.41. The van der Waals surface area contributed by atoms with Crippen molar-refractivity contribution in [1.82, 2.24) is 9.80 Å². The molecule has 0 saturated carbocycles. The van der Waals surface area contributed by atoms with Gasteiger partial charge in [0.1, 0.15) is 0 Å². The van der Waals surface area contributed by atoms with E-state index in [1.165, 1.54) is 57.8 Å². The highest BCUT2D eigenvalue weighted by Gasteiger charge is 2.13. The molecule has 1 amide bonds. The van der Waals surface area contributed by atoms with Crippen LogP contribution in [0.15, 0.2) is 0 Å². The van der Waals surface area contributed by atoms with E-state index in [0.29, 0.717) is 6.04 Å². The molecule has 0 rings (SSSR count). The fourth-order valence-electron chi connectivity index (χ4n) is 2.65. The molecule has 132 valence electrons. The third-order valence-electron chi connectivity index (χ3n) is 4.59. The standard InChI is InChI=1S/C19H40N2O/c1-6-7-8-9-10-11-12-13-14-15-16-21(19(3)22)17-18(2)20(4)5/h18H,6-17H2,1-5H3. The largest absolute Gasteiger partial charge is 0.341 e. The second-order valence-electron chi connectivity index (χ2n) is 6.96. The first-order chi connectivity index (χ1) is 10.5. The maximum absolute atomic E-state index is 11.7. The van der Waals surface area contributed by atoms with Gasteiger partial charge in [0.25, 0.3) is 0 Å². The van der Waals surface area contributed by atoms with E-state index in [1.54, 1.807) is 6.92 Å². The molecule has 0 bridgehead atoms. The van der Waals surface area contributed by atoms with Gasteiger partial charge in [-0.15, -0.1) is 0 Å². The van der Waals surface area contributed by atoms with Crippen molar-refractivity contribution in [2.24, 2.45) is 0 Å². The SMILES string of the molecule is CCCCCCCCCCCCN(CC(C)N(C)C)C(C)=O. The van der Waals surface area contributed by atoms with E-state index in [2.05, 4.69) is 32.8 Å². The molecular formula is C19H40N2O. The van der Waals surface area contributed by atoms with Crippen LogP contribution in [0.25, 0.3) is 0 Å². The topological polar surface area (TPSA) is 23.6 Å². The summed E-state index contributed by atoms with van der Waals surface area (Å²) in [6.07, 6.45) is 13.4. The van der Waals surface area contributed by atoms with Crippen LogP contribution in [0.4, 0.5) is 0 Å². The van der Waals surface area contributed by atoms with Crippen molar-refractivity contribution >= 4 is 5.91 Å². The molecule has 0 aliphatic heterocycles. The molecule has 3 nitrogen and oxygen atoms in total. The minimum Gasteiger partial charge on any atom is -0.341 e. The average molecular weight is 313 g/mol. The molecular weight excluding hydrogens is 272 g/mol. The summed E-state index contributed by atoms with van der Waals surface area (Å²) < 4.78 is 0. The second-order valence-corrected chi connectivity index (χ2v) is 6.96. The van der Waals surface area contributed by atoms with Gasteiger partial charge in [0, 0.05) is 26.1 Å². The first-order valence-electron chi connectivity index (χ1n) is 9.41. The van der Waals surface area contributed by atoms with Gasteiger partial charge in [-0.3, -0.25) is 4.79 Å². The van der Waals surface area contributed by atoms with Crippen LogP contribution < -0.4 is 0 Å². The highest BCUT2D eigenvalue weighted by molar-refractivity contribution is 5.73. The summed E-state index contributed by atoms with van der Waals surface area (Å²) in [6.45, 7) is 7.90. The van der Waals surface area contributed by atoms with Crippen molar-refractivity contribution in [1.29, 1.82) is 0 Å². The first kappa shape index (κ1) is 21.4. The van der Waals surface area contributed by atoms with Gasteiger partial charge < -0.3 is 9.80 Å². The van der Waals surface area contributed by atoms with E-state index in [1.807, 2.05) is 4.90 Å². The molecule has 0 fully saturated rings. The van der Waals surface area contributed by atoms with Crippen LogP contribution in [0.1, 0.15) is 85.0 Å². The van der Waals surface area contributed by atoms with E-state index in [9.17, 15) is 4.79 Å². The van der Waals surface area contributed by atoms with Crippen LogP contribution in [0.2, 0.25) is 0 Å². The lowest BCUT2D eigenvalue weighted by Gasteiger charge is -2.28. The molecule has 0 heterocycles. The Labute approximate surface area is 139 Å². The summed E-state index contributed by atoms with van der Waals surface area (Å²) in [6, 6.07) is 0.423. The molecule has 0 aromatic heterocycles. The van der Waals surface area contributed by atoms with Crippen LogP contribution in [0, 0.1) is 0 Å². The van der Waals surface area contributed by atoms with Crippen LogP contribution in [0.3, 0.4) is 0 Å². The third kappa shape index (κ3) is 12.0. The number of unbranched alkanes of at least 4 members (excludes halogenated alkanes) is 9. The Kier molecular flexibility index (Phi) is 13.7. The molecule has 0 aliphatic carbocycles. The predicted octanol–water partition coefficient (Wildman–Crippen LogP) is 4.71. The zero-order valence-electron chi connectivity index (χ0n) is 15.9. The van der Waals surface area contributed by atoms with Crippen LogP contribution in [-0.2, 0) is 4.79 Å². The van der Waals surface area contributed by atoms with E-state index in [-0.39, 0.29) is 5.91 Å². The van der Waals surface area contributed by atoms with Gasteiger partial charge >= 0.3 is 0 Å². The van der Waals surface area contributed by atoms with E-state index >= 15 is 0 Å². The maximum Gasteiger partial charge on any atom is 0.219 e. The number of carbonyl (C=O) groups excluding carboxylic acids is 1. The van der Waals surface area contributed by atoms with Crippen LogP contribution in [-0.4, -0.2) is 48.9 Å². The van der Waals surface area contributed by atoms with Crippen molar-refractivity contribution < 1.29 is 4.79 Å². The quantitative estimate of drug-likeness (QED) is 0.434. The lowest BCUT2D eigenvalue weighted by Crippen LogP contribution is -2.41. The van der Waals surface area contributed by atoms with Crippen molar-refractivity contribution in [3.05, 3.63) is 0 Å². The number of nitrogens with zero attached hydrogens (tertiary/aromatic N) is 2. The van der Waals surface area contributed by atoms with Crippen LogP contribution in [0.5, 0.6) is 0 Å². The minimum absolute atomic E-state index is 0.213. The lowest BCUT2D eigenvalue weighted by atomic mass is 10.1. The van der Waals surface area contributed by atoms with Gasteiger partial charge in [0.05, 0.1) is 0 Å². The summed E-state index contributed by atoms with van der Waals surface area (Å²) in [5.41, 5.74) is 0. The molecule has 0 saturated heterocycles. The summed E-state index contributed by atoms with van der Waals surface area (Å²) in [5, 5.41) is 0. The normalized spacial score (nSPS) is 12.6. The number of amides is 1. The summed E-state index contributed by atoms with van der Waals surface area (Å²) in [4.78, 5) is 15.9. The maximum atomic E-state index is 11.7. The van der Waals surface area contributed by atoms with Gasteiger partial charge in [-0.25, -0.2) is 0 Å². The van der Waals surface area contributed by atoms with E-state index < -0.39 is 0 Å². The minimum atomic E-state index is 0.213. The van der Waals surface area contributed by atoms with Crippen molar-refractivity contribution in [2.45, 2.75) is 91.0 Å². The molecule has 0 aliphatic rings. The highest BCUT2D eigenvalue weighted by atomic mass is 16.2. The molecule has 3 heteroatoms. The Hall–Kier alpha value is -0.570. The molecule has 0 spiro atoms. The second kappa shape index (κ2) is 14.0. The number of carbonyl (C=O) groups is 1. The molecule has 1 unspecified atom stereocenters. The van der Waals surface area contributed by atoms with Gasteiger partial charge in [-0.2, -0.15) is 0 Å². The predicted molar refractivity (Wildman–Crippen MR) is 97.2 cm³/mol. The number of likely N-dealkylation sites (N-methyl/N-ethyl adjacent to an activating group) is 1. The van der Waals surface area contributed by atoms with Gasteiger partial charge in [0.15, 0.2) is 0 Å². The number of hydrogen-bond donors (Lipinski definition) is 0. The zero-order chi connectivity index (χ0) is 16.8. The Bertz CT molecular complexity index is 266. The summed E-state index contributed by atoms with van der Waals surface area (Å²) in [5.74, 6) is 0.213. The van der Waals surface area contributed by atoms with Crippen molar-refractivity contribution in [3.63, 3.8) is 0 Å². The fraction of sp³-hybridized carbons (Fsp3) is 0.947. The molecule has 0 N–H and O–H groups in total. The third-order valence-corrected chi connectivity index (χ3v) is 4.59. The molecule has 1 atom stereocenters. The van der Waals surface area contributed by atoms with E-state index in [0.717, 1.165) is 19.5 Å². The lowest BCUT2D eigenvalue weighted by molar-refractivity contribution is -0.129. The van der Waals surface area contributed by atoms with Gasteiger partial charge in [-0.05, 0) is 27.4 Å². The Morgan fingerprint density at radius 1 is 0.864 bits per heavy atom. The summed E-state index contributed by atoms with van der Waals surface area (Å²) in [7, 11) is 4.15. The molecule has 0 radical (unpaired) electrons. The molecule has 22 heavy (non-hydrogen) atoms. The van der Waals surface area contributed by atoms with E-state index in [4.69, 9.17) is 0 Å². The van der Waals surface area contributed by atoms with Gasteiger partial charge in [0.2, 0.25) is 5.91 Å². The Balaban J connectivity index is 3.59. The molecule has 0 aromatic rings. The number of hydrogen-bond acceptors (Lipinski definition) is 2. The zero-order valence-corrected chi connectivity index (χ0v) is 15.9.